The molecule has 0 saturated carbocycles. The molecule has 0 unspecified atom stereocenters. The maximum atomic E-state index is 13.6. The molecule has 2 amide bonds. The number of hydrogen-bond donors (Lipinski definition) is 2. The summed E-state index contributed by atoms with van der Waals surface area (Å²) in [5, 5.41) is 16.6. The van der Waals surface area contributed by atoms with E-state index >= 15 is 0 Å². The second-order valence-corrected chi connectivity index (χ2v) is 12.0. The maximum absolute atomic E-state index is 13.6. The number of anilines is 2. The number of nitrogens with one attached hydrogen (secondary N) is 2. The van der Waals surface area contributed by atoms with Crippen molar-refractivity contribution in [1.29, 1.82) is 0 Å². The third kappa shape index (κ3) is 6.47. The number of amides is 2. The van der Waals surface area contributed by atoms with Crippen molar-refractivity contribution in [2.75, 3.05) is 42.6 Å². The van der Waals surface area contributed by atoms with Gasteiger partial charge in [0, 0.05) is 30.7 Å². The number of fused-ring (bicyclic) bond motifs is 1. The highest BCUT2D eigenvalue weighted by molar-refractivity contribution is 8.01. The summed E-state index contributed by atoms with van der Waals surface area (Å²) in [6, 6.07) is 7.18. The van der Waals surface area contributed by atoms with Gasteiger partial charge in [0.1, 0.15) is 17.4 Å². The lowest BCUT2D eigenvalue weighted by atomic mass is 10.1. The Kier molecular flexibility index (Phi) is 8.48. The number of carbonyl (C=O) groups is 2. The third-order valence-electron chi connectivity index (χ3n) is 6.62. The number of aryl methyl sites for hydroxylation is 1. The van der Waals surface area contributed by atoms with Crippen molar-refractivity contribution in [3.63, 3.8) is 0 Å². The molecule has 2 saturated heterocycles. The van der Waals surface area contributed by atoms with Crippen LogP contribution >= 0.6 is 23.1 Å². The Morgan fingerprint density at radius 2 is 1.97 bits per heavy atom. The molecule has 0 bridgehead atoms. The average molecular weight is 556 g/mol. The van der Waals surface area contributed by atoms with E-state index < -0.39 is 6.04 Å². The van der Waals surface area contributed by atoms with E-state index in [4.69, 9.17) is 9.41 Å². The first-order valence-electron chi connectivity index (χ1n) is 13.1. The molecule has 12 heteroatoms. The van der Waals surface area contributed by atoms with E-state index in [2.05, 4.69) is 27.8 Å². The minimum atomic E-state index is -0.601. The zero-order valence-corrected chi connectivity index (χ0v) is 23.4. The van der Waals surface area contributed by atoms with Crippen molar-refractivity contribution < 1.29 is 14.0 Å². The normalized spacial score (nSPS) is 18.7. The number of rotatable bonds is 7. The third-order valence-corrected chi connectivity index (χ3v) is 8.48. The largest absolute Gasteiger partial charge is 0.461 e. The van der Waals surface area contributed by atoms with Gasteiger partial charge in [0.25, 0.3) is 0 Å². The minimum Gasteiger partial charge on any atom is -0.461 e. The molecule has 2 N–H and O–H groups in total. The van der Waals surface area contributed by atoms with Crippen LogP contribution in [0.25, 0.3) is 11.0 Å². The van der Waals surface area contributed by atoms with Gasteiger partial charge in [-0.2, -0.15) is 0 Å². The highest BCUT2D eigenvalue weighted by Crippen LogP contribution is 2.27. The van der Waals surface area contributed by atoms with E-state index in [1.807, 2.05) is 36.1 Å². The molecule has 0 aliphatic carbocycles. The van der Waals surface area contributed by atoms with Crippen molar-refractivity contribution >= 4 is 62.7 Å². The van der Waals surface area contributed by atoms with E-state index in [-0.39, 0.29) is 18.4 Å². The van der Waals surface area contributed by atoms with Gasteiger partial charge in [-0.25, -0.2) is 4.99 Å². The molecule has 2 aliphatic heterocycles. The number of likely N-dealkylation sites (tertiary alicyclic amines) is 2. The fourth-order valence-electron chi connectivity index (χ4n) is 4.78. The summed E-state index contributed by atoms with van der Waals surface area (Å²) in [5.41, 5.74) is 1.61. The SMILES string of the molecule is CCSc1nnc(NC(=N[C@H]2CCCCN(CC(=O)N3CCCC3)C2=O)Nc2ccc3oc(C)cc3c2)s1. The number of guanidine groups is 1. The number of aliphatic imine (C=N–C) groups is 1. The summed E-state index contributed by atoms with van der Waals surface area (Å²) in [6.07, 6.45) is 4.39. The van der Waals surface area contributed by atoms with Crippen LogP contribution in [-0.2, 0) is 9.59 Å². The number of furan rings is 1. The summed E-state index contributed by atoms with van der Waals surface area (Å²) in [6.45, 7) is 6.24. The van der Waals surface area contributed by atoms with Crippen molar-refractivity contribution in [3.05, 3.63) is 30.0 Å². The summed E-state index contributed by atoms with van der Waals surface area (Å²) in [7, 11) is 0. The van der Waals surface area contributed by atoms with Crippen LogP contribution in [0.4, 0.5) is 10.8 Å². The molecular formula is C26H33N7O3S2. The van der Waals surface area contributed by atoms with Gasteiger partial charge < -0.3 is 24.9 Å². The van der Waals surface area contributed by atoms with Gasteiger partial charge in [-0.15, -0.1) is 10.2 Å². The van der Waals surface area contributed by atoms with E-state index in [1.165, 1.54) is 11.3 Å². The Balaban J connectivity index is 1.38. The Morgan fingerprint density at radius 3 is 2.79 bits per heavy atom. The molecule has 4 heterocycles. The fraction of sp³-hybridized carbons (Fsp3) is 0.500. The van der Waals surface area contributed by atoms with Crippen molar-refractivity contribution in [2.45, 2.75) is 56.3 Å². The van der Waals surface area contributed by atoms with Crippen LogP contribution in [0.5, 0.6) is 0 Å². The topological polar surface area (TPSA) is 116 Å². The molecule has 3 aromatic rings. The summed E-state index contributed by atoms with van der Waals surface area (Å²) in [4.78, 5) is 34.7. The molecule has 10 nitrogen and oxygen atoms in total. The van der Waals surface area contributed by atoms with Crippen LogP contribution in [0, 0.1) is 6.92 Å². The Bertz CT molecular complexity index is 1320. The fourth-order valence-corrected chi connectivity index (χ4v) is 6.42. The number of aromatic nitrogens is 2. The van der Waals surface area contributed by atoms with Gasteiger partial charge in [-0.1, -0.05) is 30.0 Å². The van der Waals surface area contributed by atoms with Crippen LogP contribution in [-0.4, -0.2) is 75.7 Å². The first kappa shape index (κ1) is 26.5. The predicted octanol–water partition coefficient (Wildman–Crippen LogP) is 4.59. The second-order valence-electron chi connectivity index (χ2n) is 9.50. The summed E-state index contributed by atoms with van der Waals surface area (Å²) in [5.74, 6) is 2.07. The highest BCUT2D eigenvalue weighted by atomic mass is 32.2. The molecule has 1 aromatic carbocycles. The van der Waals surface area contributed by atoms with Gasteiger partial charge in [-0.05, 0) is 69.0 Å². The standard InChI is InChI=1S/C26H33N7O3S2/c1-3-37-26-31-30-25(38-26)29-24(27-19-9-10-21-18(15-19)14-17(2)36-21)28-20-8-4-5-13-33(23(20)35)16-22(34)32-11-6-7-12-32/h9-10,14-15,20H,3-8,11-13,16H2,1-2H3,(H2,27,28,29,30)/t20-/m0/s1. The lowest BCUT2D eigenvalue weighted by Gasteiger charge is -2.25. The average Bonchev–Trinajstić information content (AvgIpc) is 3.63. The molecule has 2 aromatic heterocycles. The Labute approximate surface area is 230 Å². The zero-order chi connectivity index (χ0) is 26.5. The molecule has 2 aliphatic rings. The quantitative estimate of drug-likeness (QED) is 0.247. The number of nitrogens with zero attached hydrogens (tertiary/aromatic N) is 5. The van der Waals surface area contributed by atoms with Crippen LogP contribution in [0.1, 0.15) is 44.8 Å². The summed E-state index contributed by atoms with van der Waals surface area (Å²) < 4.78 is 6.57. The van der Waals surface area contributed by atoms with Crippen molar-refractivity contribution in [1.82, 2.24) is 20.0 Å². The zero-order valence-electron chi connectivity index (χ0n) is 21.7. The summed E-state index contributed by atoms with van der Waals surface area (Å²) >= 11 is 3.06. The lowest BCUT2D eigenvalue weighted by molar-refractivity contribution is -0.140. The molecule has 0 radical (unpaired) electrons. The number of thioether (sulfide) groups is 1. The van der Waals surface area contributed by atoms with Crippen molar-refractivity contribution in [3.8, 4) is 0 Å². The number of hydrogen-bond acceptors (Lipinski definition) is 8. The van der Waals surface area contributed by atoms with Gasteiger partial charge in [0.2, 0.25) is 22.9 Å². The molecule has 0 spiro atoms. The first-order valence-corrected chi connectivity index (χ1v) is 14.9. The highest BCUT2D eigenvalue weighted by Gasteiger charge is 2.30. The van der Waals surface area contributed by atoms with Gasteiger partial charge in [0.15, 0.2) is 4.34 Å². The molecule has 1 atom stereocenters. The lowest BCUT2D eigenvalue weighted by Crippen LogP contribution is -2.45. The molecule has 202 valence electrons. The Morgan fingerprint density at radius 1 is 1.16 bits per heavy atom. The number of benzene rings is 1. The van der Waals surface area contributed by atoms with Gasteiger partial charge >= 0.3 is 0 Å². The molecular weight excluding hydrogens is 522 g/mol. The van der Waals surface area contributed by atoms with Crippen molar-refractivity contribution in [2.24, 2.45) is 4.99 Å². The van der Waals surface area contributed by atoms with E-state index in [0.29, 0.717) is 24.1 Å². The smallest absolute Gasteiger partial charge is 0.247 e. The minimum absolute atomic E-state index is 0.0236. The van der Waals surface area contributed by atoms with E-state index in [9.17, 15) is 9.59 Å². The molecule has 5 rings (SSSR count). The first-order chi connectivity index (χ1) is 18.5. The van der Waals surface area contributed by atoms with Crippen LogP contribution in [0.15, 0.2) is 38.0 Å². The monoisotopic (exact) mass is 555 g/mol. The molecule has 2 fully saturated rings. The maximum Gasteiger partial charge on any atom is 0.247 e. The van der Waals surface area contributed by atoms with Crippen LogP contribution < -0.4 is 10.6 Å². The van der Waals surface area contributed by atoms with E-state index in [0.717, 1.165) is 71.3 Å². The van der Waals surface area contributed by atoms with Crippen LogP contribution in [0.3, 0.4) is 0 Å². The van der Waals surface area contributed by atoms with Crippen LogP contribution in [0.2, 0.25) is 0 Å². The van der Waals surface area contributed by atoms with Gasteiger partial charge in [-0.3, -0.25) is 9.59 Å². The Hall–Kier alpha value is -3.12. The van der Waals surface area contributed by atoms with Gasteiger partial charge in [0.05, 0.1) is 6.54 Å². The molecule has 38 heavy (non-hydrogen) atoms. The van der Waals surface area contributed by atoms with E-state index in [1.54, 1.807) is 16.7 Å². The second kappa shape index (κ2) is 12.2. The number of carbonyl (C=O) groups excluding carboxylic acids is 2. The predicted molar refractivity (Wildman–Crippen MR) is 152 cm³/mol.